The monoisotopic (exact) mass is 325 g/mol. The number of rotatable bonds is 5. The van der Waals surface area contributed by atoms with E-state index in [2.05, 4.69) is 11.1 Å². The van der Waals surface area contributed by atoms with Gasteiger partial charge in [-0.2, -0.15) is 0 Å². The van der Waals surface area contributed by atoms with Crippen molar-refractivity contribution in [3.63, 3.8) is 0 Å². The Balaban J connectivity index is 1.61. The standard InChI is InChI=1S/C19H23N3O2/c1-24-16-4-2-3-15(11-16)17-12-22(13-18(17)20)19(23)6-5-14-7-9-21-10-8-14/h2-4,7-11,17-18H,5-6,12-13,20H2,1H3. The van der Waals surface area contributed by atoms with Crippen molar-refractivity contribution in [3.05, 3.63) is 59.9 Å². The molecule has 0 aliphatic carbocycles. The molecule has 1 saturated heterocycles. The number of benzene rings is 1. The maximum atomic E-state index is 12.5. The van der Waals surface area contributed by atoms with Gasteiger partial charge in [0.05, 0.1) is 7.11 Å². The summed E-state index contributed by atoms with van der Waals surface area (Å²) in [6.45, 7) is 1.28. The molecule has 1 aromatic carbocycles. The van der Waals surface area contributed by atoms with Gasteiger partial charge in [0.25, 0.3) is 0 Å². The topological polar surface area (TPSA) is 68.5 Å². The Morgan fingerprint density at radius 1 is 1.29 bits per heavy atom. The first kappa shape index (κ1) is 16.5. The zero-order valence-corrected chi connectivity index (χ0v) is 13.9. The van der Waals surface area contributed by atoms with E-state index >= 15 is 0 Å². The summed E-state index contributed by atoms with van der Waals surface area (Å²) < 4.78 is 5.29. The molecule has 0 bridgehead atoms. The van der Waals surface area contributed by atoms with E-state index in [0.29, 0.717) is 19.5 Å². The van der Waals surface area contributed by atoms with E-state index in [4.69, 9.17) is 10.5 Å². The molecule has 5 heteroatoms. The van der Waals surface area contributed by atoms with Crippen LogP contribution in [-0.4, -0.2) is 42.0 Å². The van der Waals surface area contributed by atoms with Crippen molar-refractivity contribution < 1.29 is 9.53 Å². The second-order valence-corrected chi connectivity index (χ2v) is 6.20. The van der Waals surface area contributed by atoms with E-state index in [1.165, 1.54) is 0 Å². The van der Waals surface area contributed by atoms with Gasteiger partial charge in [-0.15, -0.1) is 0 Å². The van der Waals surface area contributed by atoms with Crippen LogP contribution in [0.15, 0.2) is 48.8 Å². The van der Waals surface area contributed by atoms with Crippen LogP contribution in [-0.2, 0) is 11.2 Å². The highest BCUT2D eigenvalue weighted by atomic mass is 16.5. The third kappa shape index (κ3) is 3.74. The van der Waals surface area contributed by atoms with Crippen LogP contribution in [0, 0.1) is 0 Å². The number of aromatic nitrogens is 1. The number of likely N-dealkylation sites (tertiary alicyclic amines) is 1. The fraction of sp³-hybridized carbons (Fsp3) is 0.368. The average Bonchev–Trinajstić information content (AvgIpc) is 3.02. The van der Waals surface area contributed by atoms with E-state index in [-0.39, 0.29) is 17.9 Å². The minimum absolute atomic E-state index is 0.0398. The molecule has 2 unspecified atom stereocenters. The Kier molecular flexibility index (Phi) is 5.11. The van der Waals surface area contributed by atoms with Crippen LogP contribution in [0.25, 0.3) is 0 Å². The van der Waals surface area contributed by atoms with Gasteiger partial charge >= 0.3 is 0 Å². The van der Waals surface area contributed by atoms with Gasteiger partial charge in [0.1, 0.15) is 5.75 Å². The molecule has 2 N–H and O–H groups in total. The highest BCUT2D eigenvalue weighted by Gasteiger charge is 2.33. The molecule has 126 valence electrons. The van der Waals surface area contributed by atoms with E-state index in [9.17, 15) is 4.79 Å². The van der Waals surface area contributed by atoms with Crippen molar-refractivity contribution in [2.75, 3.05) is 20.2 Å². The van der Waals surface area contributed by atoms with E-state index in [1.807, 2.05) is 35.2 Å². The molecular weight excluding hydrogens is 302 g/mol. The lowest BCUT2D eigenvalue weighted by molar-refractivity contribution is -0.130. The zero-order chi connectivity index (χ0) is 16.9. The number of pyridine rings is 1. The lowest BCUT2D eigenvalue weighted by Gasteiger charge is -2.17. The third-order valence-electron chi connectivity index (χ3n) is 4.62. The molecule has 1 aromatic heterocycles. The van der Waals surface area contributed by atoms with E-state index in [0.717, 1.165) is 23.3 Å². The summed E-state index contributed by atoms with van der Waals surface area (Å²) >= 11 is 0. The van der Waals surface area contributed by atoms with Crippen LogP contribution in [0.2, 0.25) is 0 Å². The Bertz CT molecular complexity index is 690. The Morgan fingerprint density at radius 3 is 2.83 bits per heavy atom. The number of amides is 1. The highest BCUT2D eigenvalue weighted by Crippen LogP contribution is 2.29. The molecule has 0 saturated carbocycles. The lowest BCUT2D eigenvalue weighted by Crippen LogP contribution is -2.32. The van der Waals surface area contributed by atoms with Crippen molar-refractivity contribution in [2.24, 2.45) is 5.73 Å². The van der Waals surface area contributed by atoms with Crippen molar-refractivity contribution in [1.82, 2.24) is 9.88 Å². The summed E-state index contributed by atoms with van der Waals surface area (Å²) in [5, 5.41) is 0. The van der Waals surface area contributed by atoms with Crippen LogP contribution >= 0.6 is 0 Å². The number of nitrogens with two attached hydrogens (primary N) is 1. The van der Waals surface area contributed by atoms with Crippen LogP contribution in [0.1, 0.15) is 23.5 Å². The van der Waals surface area contributed by atoms with Gasteiger partial charge in [-0.25, -0.2) is 0 Å². The predicted molar refractivity (Wildman–Crippen MR) is 92.8 cm³/mol. The van der Waals surface area contributed by atoms with Gasteiger partial charge in [-0.3, -0.25) is 9.78 Å². The fourth-order valence-electron chi connectivity index (χ4n) is 3.22. The first-order chi connectivity index (χ1) is 11.7. The largest absolute Gasteiger partial charge is 0.497 e. The number of carbonyl (C=O) groups excluding carboxylic acids is 1. The minimum Gasteiger partial charge on any atom is -0.497 e. The average molecular weight is 325 g/mol. The number of hydrogen-bond donors (Lipinski definition) is 1. The summed E-state index contributed by atoms with van der Waals surface area (Å²) in [5.74, 6) is 1.14. The van der Waals surface area contributed by atoms with Crippen LogP contribution in [0.3, 0.4) is 0 Å². The zero-order valence-electron chi connectivity index (χ0n) is 13.9. The van der Waals surface area contributed by atoms with Crippen LogP contribution in [0.4, 0.5) is 0 Å². The smallest absolute Gasteiger partial charge is 0.222 e. The first-order valence-electron chi connectivity index (χ1n) is 8.23. The maximum Gasteiger partial charge on any atom is 0.222 e. The molecule has 24 heavy (non-hydrogen) atoms. The van der Waals surface area contributed by atoms with Gasteiger partial charge in [0.2, 0.25) is 5.91 Å². The molecule has 2 heterocycles. The summed E-state index contributed by atoms with van der Waals surface area (Å²) in [5.41, 5.74) is 8.56. The van der Waals surface area contributed by atoms with Crippen molar-refractivity contribution >= 4 is 5.91 Å². The van der Waals surface area contributed by atoms with Gasteiger partial charge in [-0.05, 0) is 41.8 Å². The van der Waals surface area contributed by atoms with Gasteiger partial charge in [-0.1, -0.05) is 12.1 Å². The van der Waals surface area contributed by atoms with Crippen molar-refractivity contribution in [2.45, 2.75) is 24.8 Å². The number of aryl methyl sites for hydroxylation is 1. The number of ether oxygens (including phenoxy) is 1. The van der Waals surface area contributed by atoms with Gasteiger partial charge in [0.15, 0.2) is 0 Å². The highest BCUT2D eigenvalue weighted by molar-refractivity contribution is 5.77. The molecule has 5 nitrogen and oxygen atoms in total. The Labute approximate surface area is 142 Å². The molecule has 1 aliphatic rings. The number of carbonyl (C=O) groups is 1. The number of nitrogens with zero attached hydrogens (tertiary/aromatic N) is 2. The number of methoxy groups -OCH3 is 1. The molecule has 2 atom stereocenters. The minimum atomic E-state index is -0.0398. The molecule has 0 radical (unpaired) electrons. The molecule has 3 rings (SSSR count). The summed E-state index contributed by atoms with van der Waals surface area (Å²) in [6, 6.07) is 11.8. The first-order valence-corrected chi connectivity index (χ1v) is 8.23. The van der Waals surface area contributed by atoms with E-state index in [1.54, 1.807) is 19.5 Å². The third-order valence-corrected chi connectivity index (χ3v) is 4.62. The summed E-state index contributed by atoms with van der Waals surface area (Å²) in [4.78, 5) is 18.4. The van der Waals surface area contributed by atoms with Gasteiger partial charge < -0.3 is 15.4 Å². The van der Waals surface area contributed by atoms with Gasteiger partial charge in [0, 0.05) is 43.9 Å². The molecule has 1 fully saturated rings. The second kappa shape index (κ2) is 7.45. The molecule has 1 amide bonds. The van der Waals surface area contributed by atoms with E-state index < -0.39 is 0 Å². The van der Waals surface area contributed by atoms with Crippen molar-refractivity contribution in [3.8, 4) is 5.75 Å². The quantitative estimate of drug-likeness (QED) is 0.913. The molecular formula is C19H23N3O2. The fourth-order valence-corrected chi connectivity index (χ4v) is 3.22. The Hall–Kier alpha value is -2.40. The van der Waals surface area contributed by atoms with Crippen molar-refractivity contribution in [1.29, 1.82) is 0 Å². The molecule has 0 spiro atoms. The molecule has 2 aromatic rings. The maximum absolute atomic E-state index is 12.5. The normalized spacial score (nSPS) is 20.2. The van der Waals surface area contributed by atoms with Crippen LogP contribution < -0.4 is 10.5 Å². The molecule has 1 aliphatic heterocycles. The SMILES string of the molecule is COc1cccc(C2CN(C(=O)CCc3ccncc3)CC2N)c1. The summed E-state index contributed by atoms with van der Waals surface area (Å²) in [7, 11) is 1.66. The van der Waals surface area contributed by atoms with Crippen LogP contribution in [0.5, 0.6) is 5.75 Å². The lowest BCUT2D eigenvalue weighted by atomic mass is 9.95. The number of hydrogen-bond acceptors (Lipinski definition) is 4. The second-order valence-electron chi connectivity index (χ2n) is 6.20. The Morgan fingerprint density at radius 2 is 2.08 bits per heavy atom. The predicted octanol–water partition coefficient (Wildman–Crippen LogP) is 1.98. The summed E-state index contributed by atoms with van der Waals surface area (Å²) in [6.07, 6.45) is 4.74.